The summed E-state index contributed by atoms with van der Waals surface area (Å²) in [5.41, 5.74) is 2.18. The Hall–Kier alpha value is -2.51. The largest absolute Gasteiger partial charge is 0.381 e. The van der Waals surface area contributed by atoms with E-state index in [0.29, 0.717) is 36.7 Å². The van der Waals surface area contributed by atoms with E-state index in [9.17, 15) is 4.79 Å². The zero-order valence-corrected chi connectivity index (χ0v) is 18.6. The lowest BCUT2D eigenvalue weighted by atomic mass is 10.00. The monoisotopic (exact) mass is 437 g/mol. The molecule has 1 aromatic heterocycles. The first-order valence-corrected chi connectivity index (χ1v) is 11.7. The molecule has 3 atom stereocenters. The minimum absolute atomic E-state index is 0.0693. The number of hydrogen-bond acceptors (Lipinski definition) is 6. The summed E-state index contributed by atoms with van der Waals surface area (Å²) in [6.07, 6.45) is 3.69. The van der Waals surface area contributed by atoms with Gasteiger partial charge in [0.25, 0.3) is 5.91 Å². The van der Waals surface area contributed by atoms with Crippen LogP contribution in [0, 0.1) is 17.8 Å². The number of aromatic nitrogens is 2. The van der Waals surface area contributed by atoms with Crippen molar-refractivity contribution in [3.8, 4) is 11.3 Å². The van der Waals surface area contributed by atoms with E-state index < -0.39 is 6.50 Å². The third kappa shape index (κ3) is 4.79. The molecule has 7 nitrogen and oxygen atoms in total. The molecule has 2 N–H and O–H groups in total. The van der Waals surface area contributed by atoms with Crippen LogP contribution in [-0.4, -0.2) is 66.9 Å². The Bertz CT molecular complexity index is 999. The standard InChI is InChI=1S/C25H33N5O2/c1-26-25(31)19-4-2-3-18(11-19)23-5-6-24(29-28-23)27-22-12-20-15-30(16-21(20)13-22)14-17-7-9-32-10-8-17/h2-6,11,17,20-22H,7-10,12-16H2,1H3,(H,26,31)(H,27,29)/t20-,21+,22?/i14D2. The quantitative estimate of drug-likeness (QED) is 0.723. The number of amides is 1. The van der Waals surface area contributed by atoms with Gasteiger partial charge in [-0.05, 0) is 67.7 Å². The van der Waals surface area contributed by atoms with E-state index in [1.807, 2.05) is 30.3 Å². The van der Waals surface area contributed by atoms with Gasteiger partial charge in [0.2, 0.25) is 0 Å². The fourth-order valence-electron chi connectivity index (χ4n) is 5.34. The summed E-state index contributed by atoms with van der Waals surface area (Å²) in [5.74, 6) is 1.74. The minimum Gasteiger partial charge on any atom is -0.381 e. The molecule has 0 bridgehead atoms. The van der Waals surface area contributed by atoms with Gasteiger partial charge in [0, 0.05) is 59.8 Å². The van der Waals surface area contributed by atoms with E-state index in [2.05, 4.69) is 25.7 Å². The van der Waals surface area contributed by atoms with Crippen molar-refractivity contribution < 1.29 is 12.3 Å². The molecule has 170 valence electrons. The Morgan fingerprint density at radius 1 is 1.16 bits per heavy atom. The lowest BCUT2D eigenvalue weighted by molar-refractivity contribution is 0.0545. The highest BCUT2D eigenvalue weighted by Gasteiger charge is 2.41. The van der Waals surface area contributed by atoms with Crippen molar-refractivity contribution in [1.29, 1.82) is 0 Å². The smallest absolute Gasteiger partial charge is 0.251 e. The zero-order valence-electron chi connectivity index (χ0n) is 20.6. The maximum absolute atomic E-state index is 11.9. The van der Waals surface area contributed by atoms with Crippen LogP contribution < -0.4 is 10.6 Å². The molecule has 1 amide bonds. The molecule has 3 aliphatic rings. The number of nitrogens with zero attached hydrogens (tertiary/aromatic N) is 3. The average molecular weight is 438 g/mol. The lowest BCUT2D eigenvalue weighted by Crippen LogP contribution is -2.32. The number of fused-ring (bicyclic) bond motifs is 1. The van der Waals surface area contributed by atoms with Crippen LogP contribution >= 0.6 is 0 Å². The van der Waals surface area contributed by atoms with Gasteiger partial charge in [-0.1, -0.05) is 12.1 Å². The summed E-state index contributed by atoms with van der Waals surface area (Å²) in [6, 6.07) is 11.6. The summed E-state index contributed by atoms with van der Waals surface area (Å²) < 4.78 is 22.9. The van der Waals surface area contributed by atoms with Gasteiger partial charge < -0.3 is 20.3 Å². The molecule has 2 aromatic rings. The molecule has 32 heavy (non-hydrogen) atoms. The molecule has 7 heteroatoms. The number of carbonyl (C=O) groups is 1. The van der Waals surface area contributed by atoms with Gasteiger partial charge in [0.05, 0.1) is 5.69 Å². The second-order valence-electron chi connectivity index (χ2n) is 9.22. The minimum atomic E-state index is -1.24. The van der Waals surface area contributed by atoms with Crippen LogP contribution in [0.25, 0.3) is 11.3 Å². The first-order chi connectivity index (χ1) is 16.4. The summed E-state index contributed by atoms with van der Waals surface area (Å²) in [4.78, 5) is 14.0. The van der Waals surface area contributed by atoms with Gasteiger partial charge in [0.15, 0.2) is 0 Å². The number of benzene rings is 1. The average Bonchev–Trinajstić information content (AvgIpc) is 3.44. The first-order valence-electron chi connectivity index (χ1n) is 12.7. The van der Waals surface area contributed by atoms with Crippen LogP contribution in [-0.2, 0) is 4.74 Å². The van der Waals surface area contributed by atoms with Crippen molar-refractivity contribution in [1.82, 2.24) is 20.4 Å². The number of ether oxygens (including phenoxy) is 1. The Kier molecular flexibility index (Phi) is 5.67. The zero-order chi connectivity index (χ0) is 23.7. The summed E-state index contributed by atoms with van der Waals surface area (Å²) >= 11 is 0. The molecule has 0 spiro atoms. The molecule has 1 unspecified atom stereocenters. The summed E-state index contributed by atoms with van der Waals surface area (Å²) in [6.45, 7) is 1.78. The van der Waals surface area contributed by atoms with Gasteiger partial charge in [0.1, 0.15) is 5.82 Å². The fraction of sp³-hybridized carbons (Fsp3) is 0.560. The van der Waals surface area contributed by atoms with Crippen molar-refractivity contribution in [2.75, 3.05) is 45.2 Å². The summed E-state index contributed by atoms with van der Waals surface area (Å²) in [7, 11) is 1.62. The highest BCUT2D eigenvalue weighted by Crippen LogP contribution is 2.39. The van der Waals surface area contributed by atoms with E-state index in [-0.39, 0.29) is 11.8 Å². The van der Waals surface area contributed by atoms with Crippen LogP contribution in [0.15, 0.2) is 36.4 Å². The normalized spacial score (nSPS) is 27.5. The van der Waals surface area contributed by atoms with Crippen molar-refractivity contribution in [2.45, 2.75) is 31.7 Å². The number of nitrogens with one attached hydrogen (secondary N) is 2. The van der Waals surface area contributed by atoms with Crippen molar-refractivity contribution >= 4 is 11.7 Å². The van der Waals surface area contributed by atoms with Crippen molar-refractivity contribution in [3.63, 3.8) is 0 Å². The van der Waals surface area contributed by atoms with Crippen LogP contribution in [0.3, 0.4) is 0 Å². The Balaban J connectivity index is 1.17. The predicted molar refractivity (Wildman–Crippen MR) is 124 cm³/mol. The molecular weight excluding hydrogens is 402 g/mol. The predicted octanol–water partition coefficient (Wildman–Crippen LogP) is 3.05. The SMILES string of the molecule is [2H]C([2H])(C1CCOCC1)N1C[C@H]2CC(Nc3ccc(-c4cccc(C(=O)NC)c4)nn3)C[C@H]2C1. The number of anilines is 1. The van der Waals surface area contributed by atoms with Crippen molar-refractivity contribution in [3.05, 3.63) is 42.0 Å². The molecule has 3 fully saturated rings. The molecule has 1 aromatic carbocycles. The molecule has 1 aliphatic carbocycles. The highest BCUT2D eigenvalue weighted by molar-refractivity contribution is 5.95. The molecule has 2 saturated heterocycles. The molecule has 2 aliphatic heterocycles. The third-order valence-electron chi connectivity index (χ3n) is 7.00. The van der Waals surface area contributed by atoms with Crippen LogP contribution in [0.4, 0.5) is 5.82 Å². The summed E-state index contributed by atoms with van der Waals surface area (Å²) in [5, 5.41) is 14.9. The first kappa shape index (κ1) is 19.0. The van der Waals surface area contributed by atoms with Gasteiger partial charge in [-0.3, -0.25) is 4.79 Å². The number of likely N-dealkylation sites (tertiary alicyclic amines) is 1. The van der Waals surface area contributed by atoms with Gasteiger partial charge in [-0.15, -0.1) is 10.2 Å². The number of rotatable bonds is 6. The van der Waals surface area contributed by atoms with E-state index in [0.717, 1.165) is 55.8 Å². The fourth-order valence-corrected chi connectivity index (χ4v) is 5.34. The van der Waals surface area contributed by atoms with Crippen LogP contribution in [0.1, 0.15) is 38.8 Å². The molecular formula is C25H33N5O2. The Morgan fingerprint density at radius 3 is 2.62 bits per heavy atom. The molecule has 3 heterocycles. The van der Waals surface area contributed by atoms with Crippen molar-refractivity contribution in [2.24, 2.45) is 17.8 Å². The van der Waals surface area contributed by atoms with E-state index in [4.69, 9.17) is 7.48 Å². The highest BCUT2D eigenvalue weighted by atomic mass is 16.5. The lowest BCUT2D eigenvalue weighted by Gasteiger charge is -2.27. The van der Waals surface area contributed by atoms with E-state index >= 15 is 0 Å². The number of carbonyl (C=O) groups excluding carboxylic acids is 1. The molecule has 0 radical (unpaired) electrons. The molecule has 5 rings (SSSR count). The van der Waals surface area contributed by atoms with Crippen LogP contribution in [0.2, 0.25) is 0 Å². The molecule has 1 saturated carbocycles. The second-order valence-corrected chi connectivity index (χ2v) is 9.22. The number of hydrogen-bond donors (Lipinski definition) is 2. The van der Waals surface area contributed by atoms with E-state index in [1.54, 1.807) is 13.1 Å². The third-order valence-corrected chi connectivity index (χ3v) is 7.00. The maximum Gasteiger partial charge on any atom is 0.251 e. The van der Waals surface area contributed by atoms with Crippen LogP contribution in [0.5, 0.6) is 0 Å². The Morgan fingerprint density at radius 2 is 1.94 bits per heavy atom. The van der Waals surface area contributed by atoms with Gasteiger partial charge >= 0.3 is 0 Å². The van der Waals surface area contributed by atoms with Gasteiger partial charge in [-0.2, -0.15) is 0 Å². The van der Waals surface area contributed by atoms with E-state index in [1.165, 1.54) is 0 Å². The topological polar surface area (TPSA) is 79.4 Å². The maximum atomic E-state index is 11.9. The second kappa shape index (κ2) is 9.55. The Labute approximate surface area is 192 Å². The van der Waals surface area contributed by atoms with Gasteiger partial charge in [-0.25, -0.2) is 0 Å².